The van der Waals surface area contributed by atoms with Gasteiger partial charge in [0.25, 0.3) is 11.8 Å². The van der Waals surface area contributed by atoms with Crippen LogP contribution in [0.5, 0.6) is 11.5 Å². The number of aryl methyl sites for hydroxylation is 1. The number of aromatic amines is 7. The van der Waals surface area contributed by atoms with Gasteiger partial charge in [-0.2, -0.15) is 13.2 Å². The van der Waals surface area contributed by atoms with Crippen molar-refractivity contribution in [2.24, 2.45) is 5.92 Å². The zero-order valence-electron chi connectivity index (χ0n) is 84.3. The fourth-order valence-electron chi connectivity index (χ4n) is 17.4. The summed E-state index contributed by atoms with van der Waals surface area (Å²) in [5.74, 6) is 2.29. The maximum atomic E-state index is 13.0. The van der Waals surface area contributed by atoms with E-state index in [0.717, 1.165) is 121 Å². The third-order valence-corrected chi connectivity index (χ3v) is 24.4. The molecule has 0 bridgehead atoms. The van der Waals surface area contributed by atoms with Crippen molar-refractivity contribution in [2.45, 2.75) is 250 Å². The number of halogens is 3. The Morgan fingerprint density at radius 1 is 0.358 bits per heavy atom. The maximum absolute atomic E-state index is 13.0. The molecule has 9 aromatic carbocycles. The Kier molecular flexibility index (Phi) is 32.0. The first-order chi connectivity index (χ1) is 62.9. The number of nitrogens with zero attached hydrogens (tertiary/aromatic N) is 1. The van der Waals surface area contributed by atoms with Crippen molar-refractivity contribution in [1.82, 2.24) is 45.1 Å². The van der Waals surface area contributed by atoms with Crippen LogP contribution in [0.2, 0.25) is 0 Å². The molecule has 0 atom stereocenters. The van der Waals surface area contributed by atoms with Crippen LogP contribution >= 0.6 is 0 Å². The number of hydrogen-bond acceptors (Lipinski definition) is 6. The highest BCUT2D eigenvalue weighted by atomic mass is 19.4. The summed E-state index contributed by atoms with van der Waals surface area (Å²) in [6.45, 7) is 58.7. The van der Waals surface area contributed by atoms with Crippen LogP contribution in [-0.4, -0.2) is 97.5 Å². The number of nitrogens with one attached hydrogen (secondary N) is 8. The van der Waals surface area contributed by atoms with Crippen LogP contribution in [0, 0.1) is 5.92 Å². The van der Waals surface area contributed by atoms with Gasteiger partial charge in [-0.1, -0.05) is 203 Å². The lowest BCUT2D eigenvalue weighted by atomic mass is 9.81. The highest BCUT2D eigenvalue weighted by Gasteiger charge is 2.38. The van der Waals surface area contributed by atoms with E-state index in [9.17, 15) is 27.6 Å². The topological polar surface area (TPSA) is 205 Å². The number of aromatic nitrogens is 7. The first kappa shape index (κ1) is 102. The molecule has 16 aromatic rings. The fourth-order valence-corrected chi connectivity index (χ4v) is 17.4. The summed E-state index contributed by atoms with van der Waals surface area (Å²) in [5, 5.41) is 10.6. The molecule has 2 amide bonds. The molecule has 8 N–H and O–H groups in total. The summed E-state index contributed by atoms with van der Waals surface area (Å²) in [6, 6.07) is 59.2. The number of alkyl halides is 3. The van der Waals surface area contributed by atoms with Crippen molar-refractivity contribution >= 4 is 94.1 Å². The summed E-state index contributed by atoms with van der Waals surface area (Å²) >= 11 is 0. The smallest absolute Gasteiger partial charge is 0.416 e. The van der Waals surface area contributed by atoms with E-state index in [-0.39, 0.29) is 50.3 Å². The minimum Gasteiger partial charge on any atom is -0.496 e. The number of H-pyrrole nitrogens is 7. The molecule has 1 saturated heterocycles. The number of para-hydroxylation sites is 2. The number of esters is 1. The number of methoxy groups -OCH3 is 1. The fraction of sp³-hybridized carbons (Fsp3) is 0.388. The Morgan fingerprint density at radius 3 is 1.06 bits per heavy atom. The van der Waals surface area contributed by atoms with E-state index in [0.29, 0.717) is 42.2 Å². The number of ether oxygens (including phenoxy) is 3. The SMILES string of the molecule is CC(C)(C)c1cc2[nH]ccc2cc1C(=O)N1CCCCC1.CC(C)(C)c1cc2[nH]ccc2cc1C(F)(F)F.CC(C)CNC(=O)c1cc2cc[nH]c2cc1C(C)(C)C.CCOC(=O)c1cc2cc[nH]c2cc1C(C)(C)C.CCOc1ccccc1-c1cc2cc[nH]c2cc1C(C)(C)C.CCc1cc2cc[nH]c2cc1C(C)(C)C.COc1ccccc1-c1cc2cc[nH]c2cc1C(C)(C)C. The van der Waals surface area contributed by atoms with Crippen molar-refractivity contribution in [1.29, 1.82) is 0 Å². The summed E-state index contributed by atoms with van der Waals surface area (Å²) in [4.78, 5) is 62.0. The van der Waals surface area contributed by atoms with Gasteiger partial charge in [-0.15, -0.1) is 0 Å². The molecule has 134 heavy (non-hydrogen) atoms. The molecule has 0 aliphatic carbocycles. The van der Waals surface area contributed by atoms with E-state index in [1.807, 2.05) is 117 Å². The Bertz CT molecular complexity index is 6640. The summed E-state index contributed by atoms with van der Waals surface area (Å²) in [5.41, 5.74) is 22.9. The number of amides is 2. The molecule has 1 aliphatic heterocycles. The van der Waals surface area contributed by atoms with E-state index in [2.05, 4.69) is 283 Å². The molecule has 0 saturated carbocycles. The zero-order valence-corrected chi connectivity index (χ0v) is 84.3. The second-order valence-corrected chi connectivity index (χ2v) is 42.8. The van der Waals surface area contributed by atoms with Gasteiger partial charge in [0.05, 0.1) is 31.5 Å². The Balaban J connectivity index is 0.000000151. The van der Waals surface area contributed by atoms with Crippen LogP contribution in [0.3, 0.4) is 0 Å². The van der Waals surface area contributed by atoms with Gasteiger partial charge in [-0.05, 0) is 300 Å². The first-order valence-electron chi connectivity index (χ1n) is 47.4. The van der Waals surface area contributed by atoms with E-state index < -0.39 is 17.2 Å². The average molecular weight is 1820 g/mol. The molecule has 0 spiro atoms. The number of benzene rings is 9. The minimum absolute atomic E-state index is 0.0201. The quantitative estimate of drug-likeness (QED) is 0.0559. The molecule has 0 radical (unpaired) electrons. The molecule has 1 aliphatic rings. The molecule has 17 rings (SSSR count). The minimum atomic E-state index is -4.31. The van der Waals surface area contributed by atoms with E-state index >= 15 is 0 Å². The van der Waals surface area contributed by atoms with Gasteiger partial charge in [0.15, 0.2) is 0 Å². The van der Waals surface area contributed by atoms with Crippen LogP contribution in [-0.2, 0) is 55.2 Å². The molecule has 7 aromatic heterocycles. The van der Waals surface area contributed by atoms with E-state index in [1.54, 1.807) is 46.2 Å². The normalized spacial score (nSPS) is 12.8. The number of fused-ring (bicyclic) bond motifs is 7. The molecule has 0 unspecified atom stereocenters. The highest BCUT2D eigenvalue weighted by Crippen LogP contribution is 2.45. The Labute approximate surface area is 791 Å². The van der Waals surface area contributed by atoms with Crippen LogP contribution in [0.4, 0.5) is 13.2 Å². The van der Waals surface area contributed by atoms with Crippen molar-refractivity contribution in [3.63, 3.8) is 0 Å². The number of hydrogen-bond donors (Lipinski definition) is 8. The number of likely N-dealkylation sites (tertiary alicyclic amines) is 1. The molecular weight excluding hydrogens is 1670 g/mol. The molecule has 18 heteroatoms. The van der Waals surface area contributed by atoms with E-state index in [1.165, 1.54) is 78.6 Å². The number of rotatable bonds is 12. The van der Waals surface area contributed by atoms with Crippen molar-refractivity contribution < 1.29 is 41.8 Å². The number of carbonyl (C=O) groups excluding carboxylic acids is 3. The van der Waals surface area contributed by atoms with Gasteiger partial charge in [-0.25, -0.2) is 4.79 Å². The van der Waals surface area contributed by atoms with Gasteiger partial charge in [-0.3, -0.25) is 9.59 Å². The standard InChI is InChI=1S/C20H23NO.C19H21NO.C18H24N2O.C17H24N2O.C15H19NO2.C14H19N.C13H14F3N/c1-5-22-19-9-7-6-8-15(19)16-12-14-10-11-21-18(14)13-17(16)20(2,3)4;1-19(2,3)16-12-17-13(9-10-20-17)11-15(16)14-7-5-6-8-18(14)21-4;1-18(2,3)15-12-16-13(7-8-19-16)11-14(15)17(21)20-9-5-4-6-10-20;1-11(2)10-19-16(20)13-8-12-6-7-18-15(12)9-14(13)17(3,4)5;1-5-18-14(17)11-8-10-6-7-16-13(10)9-12(11)15(2,3)4;1-5-10-8-11-6-7-15-13(11)9-12(10)14(2,3)4;1-12(2,3)9-7-11-8(4-5-17-11)6-10(9)13(14,15)16/h6-13,21H,5H2,1-4H3;5-12,20H,1-4H3;7-8,11-12,19H,4-6,9-10H2,1-3H3;6-9,11,18H,10H2,1-5H3,(H,19,20);6-9,16H,5H2,1-4H3;6-9,15H,5H2,1-4H3;4-7,17H,1-3H3. The second-order valence-electron chi connectivity index (χ2n) is 42.8. The molecular formula is C116H144F3N9O6. The van der Waals surface area contributed by atoms with Crippen molar-refractivity contribution in [3.8, 4) is 33.8 Å². The zero-order chi connectivity index (χ0) is 98.0. The highest BCUT2D eigenvalue weighted by molar-refractivity contribution is 6.02. The van der Waals surface area contributed by atoms with E-state index in [4.69, 9.17) is 14.2 Å². The first-order valence-corrected chi connectivity index (χ1v) is 47.4. The molecule has 710 valence electrons. The lowest BCUT2D eigenvalue weighted by molar-refractivity contribution is -0.138. The number of piperidine rings is 1. The second kappa shape index (κ2) is 42.0. The van der Waals surface area contributed by atoms with Crippen LogP contribution in [0.1, 0.15) is 280 Å². The largest absolute Gasteiger partial charge is 0.496 e. The lowest BCUT2D eigenvalue weighted by Crippen LogP contribution is -2.36. The lowest BCUT2D eigenvalue weighted by Gasteiger charge is -2.30. The molecule has 15 nitrogen and oxygen atoms in total. The van der Waals surface area contributed by atoms with Gasteiger partial charge in [0.1, 0.15) is 11.5 Å². The van der Waals surface area contributed by atoms with Crippen molar-refractivity contribution in [2.75, 3.05) is 40.0 Å². The molecule has 8 heterocycles. The van der Waals surface area contributed by atoms with Gasteiger partial charge in [0, 0.05) is 140 Å². The predicted octanol–water partition coefficient (Wildman–Crippen LogP) is 30.8. The summed E-state index contributed by atoms with van der Waals surface area (Å²) in [7, 11) is 1.73. The van der Waals surface area contributed by atoms with Crippen molar-refractivity contribution in [3.05, 3.63) is 286 Å². The Hall–Kier alpha value is -12.4. The average Bonchev–Trinajstić information content (AvgIpc) is 1.72. The van der Waals surface area contributed by atoms with Crippen LogP contribution in [0.15, 0.2) is 219 Å². The summed E-state index contributed by atoms with van der Waals surface area (Å²) in [6.07, 6.45) is 13.7. The van der Waals surface area contributed by atoms with Crippen LogP contribution < -0.4 is 14.8 Å². The summed E-state index contributed by atoms with van der Waals surface area (Å²) < 4.78 is 55.5. The van der Waals surface area contributed by atoms with Gasteiger partial charge in [0.2, 0.25) is 0 Å². The van der Waals surface area contributed by atoms with Gasteiger partial charge >= 0.3 is 12.1 Å². The maximum Gasteiger partial charge on any atom is 0.416 e. The predicted molar refractivity (Wildman–Crippen MR) is 555 cm³/mol. The third kappa shape index (κ3) is 25.1. The Morgan fingerprint density at radius 2 is 0.687 bits per heavy atom. The monoisotopic (exact) mass is 1820 g/mol. The molecule has 1 fully saturated rings. The van der Waals surface area contributed by atoms with Crippen LogP contribution in [0.25, 0.3) is 98.6 Å². The third-order valence-electron chi connectivity index (χ3n) is 24.4. The number of carbonyl (C=O) groups is 3. The van der Waals surface area contributed by atoms with Gasteiger partial charge < -0.3 is 59.3 Å².